The summed E-state index contributed by atoms with van der Waals surface area (Å²) in [6.07, 6.45) is 2.41. The molecule has 1 atom stereocenters. The molecule has 152 valence electrons. The van der Waals surface area contributed by atoms with E-state index >= 15 is 0 Å². The molecule has 0 saturated carbocycles. The number of halogens is 1. The number of hydrogen-bond acceptors (Lipinski definition) is 4. The number of aliphatic hydroxyl groups is 1. The molecule has 0 aliphatic carbocycles. The Balaban J connectivity index is 0.00000205. The molecular weight excluding hydrogens is 402 g/mol. The first-order valence-corrected chi connectivity index (χ1v) is 10.9. The van der Waals surface area contributed by atoms with E-state index in [1.165, 1.54) is 26.7 Å². The van der Waals surface area contributed by atoms with Crippen LogP contribution in [0.15, 0.2) is 60.1 Å². The fourth-order valence-corrected chi connectivity index (χ4v) is 5.28. The second-order valence-electron chi connectivity index (χ2n) is 7.54. The second-order valence-corrected chi connectivity index (χ2v) is 8.45. The quantitative estimate of drug-likeness (QED) is 0.468. The number of aliphatic hydroxyl groups excluding tert-OH is 1. The lowest BCUT2D eigenvalue weighted by molar-refractivity contribution is 0.141. The molecule has 2 aromatic heterocycles. The van der Waals surface area contributed by atoms with Crippen LogP contribution in [-0.4, -0.2) is 47.7 Å². The first-order valence-electron chi connectivity index (χ1n) is 9.97. The molecule has 0 radical (unpaired) electrons. The van der Waals surface area contributed by atoms with Crippen LogP contribution in [0.25, 0.3) is 21.0 Å². The van der Waals surface area contributed by atoms with E-state index in [2.05, 4.69) is 68.7 Å². The summed E-state index contributed by atoms with van der Waals surface area (Å²) in [4.78, 5) is 8.26. The van der Waals surface area contributed by atoms with E-state index in [0.717, 1.165) is 44.7 Å². The minimum atomic E-state index is -0.386. The van der Waals surface area contributed by atoms with Gasteiger partial charge in [0.2, 0.25) is 0 Å². The van der Waals surface area contributed by atoms with Gasteiger partial charge < -0.3 is 15.0 Å². The molecule has 6 heteroatoms. The minimum Gasteiger partial charge on any atom is -0.388 e. The zero-order valence-corrected chi connectivity index (χ0v) is 17.9. The Labute approximate surface area is 181 Å². The topological polar surface area (TPSA) is 42.5 Å². The van der Waals surface area contributed by atoms with Gasteiger partial charge in [-0.15, -0.1) is 23.7 Å². The number of aromatic nitrogens is 1. The molecular formula is C23H26ClN3OS. The smallest absolute Gasteiger partial charge is 0.0816 e. The Morgan fingerprint density at radius 3 is 2.66 bits per heavy atom. The zero-order chi connectivity index (χ0) is 18.9. The average Bonchev–Trinajstić information content (AvgIpc) is 3.39. The molecule has 1 unspecified atom stereocenters. The van der Waals surface area contributed by atoms with E-state index in [1.54, 1.807) is 11.3 Å². The number of nitrogens with one attached hydrogen (secondary N) is 1. The molecule has 1 aliphatic heterocycles. The van der Waals surface area contributed by atoms with Gasteiger partial charge in [0.1, 0.15) is 0 Å². The van der Waals surface area contributed by atoms with Gasteiger partial charge in [0.15, 0.2) is 0 Å². The summed E-state index contributed by atoms with van der Waals surface area (Å²) in [7, 11) is 0. The van der Waals surface area contributed by atoms with E-state index in [9.17, 15) is 5.11 Å². The highest BCUT2D eigenvalue weighted by Crippen LogP contribution is 2.32. The number of nitrogens with zero attached hydrogens (tertiary/aromatic N) is 2. The molecule has 29 heavy (non-hydrogen) atoms. The molecule has 5 rings (SSSR count). The van der Waals surface area contributed by atoms with Gasteiger partial charge in [0.05, 0.1) is 6.10 Å². The molecule has 1 fully saturated rings. The first-order chi connectivity index (χ1) is 13.8. The Hall–Kier alpha value is -2.05. The highest BCUT2D eigenvalue weighted by Gasteiger charge is 2.20. The molecule has 0 bridgehead atoms. The molecule has 0 amide bonds. The van der Waals surface area contributed by atoms with Gasteiger partial charge in [-0.3, -0.25) is 4.90 Å². The highest BCUT2D eigenvalue weighted by molar-refractivity contribution is 7.17. The number of rotatable bonds is 5. The van der Waals surface area contributed by atoms with Gasteiger partial charge in [0.25, 0.3) is 0 Å². The van der Waals surface area contributed by atoms with Gasteiger partial charge in [-0.2, -0.15) is 0 Å². The lowest BCUT2D eigenvalue weighted by Gasteiger charge is -2.36. The predicted molar refractivity (Wildman–Crippen MR) is 126 cm³/mol. The van der Waals surface area contributed by atoms with Crippen molar-refractivity contribution in [1.82, 2.24) is 9.88 Å². The third-order valence-electron chi connectivity index (χ3n) is 5.87. The largest absolute Gasteiger partial charge is 0.388 e. The third-order valence-corrected chi connectivity index (χ3v) is 6.86. The standard InChI is InChI=1S/C23H25N3OS.ClH/c27-22(19-16-28-23-7-2-1-4-17(19)23)9-11-25-12-14-26(15-13-25)21-6-3-5-20-18(21)8-10-24-20;/h1-8,10,16,22,24,27H,9,11-15H2;1H. The number of aromatic amines is 1. The van der Waals surface area contributed by atoms with Crippen molar-refractivity contribution in [3.05, 3.63) is 65.7 Å². The van der Waals surface area contributed by atoms with Crippen molar-refractivity contribution in [1.29, 1.82) is 0 Å². The molecule has 1 saturated heterocycles. The minimum absolute atomic E-state index is 0. The zero-order valence-electron chi connectivity index (χ0n) is 16.3. The highest BCUT2D eigenvalue weighted by atomic mass is 35.5. The summed E-state index contributed by atoms with van der Waals surface area (Å²) in [5.41, 5.74) is 3.60. The molecule has 2 N–H and O–H groups in total. The Morgan fingerprint density at radius 1 is 0.966 bits per heavy atom. The monoisotopic (exact) mass is 427 g/mol. The van der Waals surface area contributed by atoms with Crippen molar-refractivity contribution in [2.24, 2.45) is 0 Å². The maximum atomic E-state index is 10.7. The Morgan fingerprint density at radius 2 is 1.79 bits per heavy atom. The van der Waals surface area contributed by atoms with E-state index < -0.39 is 0 Å². The van der Waals surface area contributed by atoms with Crippen LogP contribution in [0.5, 0.6) is 0 Å². The molecule has 4 aromatic rings. The van der Waals surface area contributed by atoms with Crippen LogP contribution in [0, 0.1) is 0 Å². The lowest BCUT2D eigenvalue weighted by Crippen LogP contribution is -2.46. The maximum Gasteiger partial charge on any atom is 0.0816 e. The van der Waals surface area contributed by atoms with Gasteiger partial charge in [-0.1, -0.05) is 24.3 Å². The van der Waals surface area contributed by atoms with Crippen LogP contribution in [0.2, 0.25) is 0 Å². The Bertz CT molecular complexity index is 1080. The number of fused-ring (bicyclic) bond motifs is 2. The molecule has 4 nitrogen and oxygen atoms in total. The van der Waals surface area contributed by atoms with E-state index in [1.807, 2.05) is 6.20 Å². The van der Waals surface area contributed by atoms with Gasteiger partial charge in [-0.05, 0) is 47.0 Å². The normalized spacial score (nSPS) is 16.2. The van der Waals surface area contributed by atoms with Crippen molar-refractivity contribution in [3.63, 3.8) is 0 Å². The average molecular weight is 428 g/mol. The summed E-state index contributed by atoms with van der Waals surface area (Å²) < 4.78 is 1.25. The van der Waals surface area contributed by atoms with Crippen LogP contribution in [-0.2, 0) is 0 Å². The number of anilines is 1. The van der Waals surface area contributed by atoms with Gasteiger partial charge in [0, 0.05) is 60.2 Å². The van der Waals surface area contributed by atoms with Crippen LogP contribution < -0.4 is 4.90 Å². The number of benzene rings is 2. The number of piperazine rings is 1. The maximum absolute atomic E-state index is 10.7. The van der Waals surface area contributed by atoms with Crippen molar-refractivity contribution < 1.29 is 5.11 Å². The van der Waals surface area contributed by atoms with E-state index in [0.29, 0.717) is 0 Å². The molecule has 3 heterocycles. The van der Waals surface area contributed by atoms with Crippen molar-refractivity contribution >= 4 is 50.4 Å². The lowest BCUT2D eigenvalue weighted by atomic mass is 10.1. The van der Waals surface area contributed by atoms with Crippen LogP contribution in [0.1, 0.15) is 18.1 Å². The molecule has 0 spiro atoms. The summed E-state index contributed by atoms with van der Waals surface area (Å²) in [6, 6.07) is 17.0. The summed E-state index contributed by atoms with van der Waals surface area (Å²) in [6.45, 7) is 5.08. The van der Waals surface area contributed by atoms with Crippen LogP contribution in [0.3, 0.4) is 0 Å². The van der Waals surface area contributed by atoms with E-state index in [-0.39, 0.29) is 18.5 Å². The van der Waals surface area contributed by atoms with E-state index in [4.69, 9.17) is 0 Å². The SMILES string of the molecule is Cl.OC(CCN1CCN(c2cccc3[nH]ccc23)CC1)c1csc2ccccc12. The third kappa shape index (κ3) is 4.01. The summed E-state index contributed by atoms with van der Waals surface area (Å²) in [5.74, 6) is 0. The fraction of sp³-hybridized carbons (Fsp3) is 0.304. The van der Waals surface area contributed by atoms with Gasteiger partial charge >= 0.3 is 0 Å². The molecule has 1 aliphatic rings. The van der Waals surface area contributed by atoms with Gasteiger partial charge in [-0.25, -0.2) is 0 Å². The second kappa shape index (κ2) is 8.76. The van der Waals surface area contributed by atoms with Crippen molar-refractivity contribution in [2.45, 2.75) is 12.5 Å². The Kier molecular flexibility index (Phi) is 6.11. The summed E-state index contributed by atoms with van der Waals surface area (Å²) in [5, 5.41) is 15.3. The molecule has 2 aromatic carbocycles. The predicted octanol–water partition coefficient (Wildman–Crippen LogP) is 5.05. The first kappa shape index (κ1) is 20.2. The van der Waals surface area contributed by atoms with Crippen LogP contribution in [0.4, 0.5) is 5.69 Å². The fourth-order valence-electron chi connectivity index (χ4n) is 4.27. The van der Waals surface area contributed by atoms with Crippen LogP contribution >= 0.6 is 23.7 Å². The summed E-state index contributed by atoms with van der Waals surface area (Å²) >= 11 is 1.72. The number of thiophene rings is 1. The number of H-pyrrole nitrogens is 1. The van der Waals surface area contributed by atoms with Crippen molar-refractivity contribution in [3.8, 4) is 0 Å². The van der Waals surface area contributed by atoms with Crippen molar-refractivity contribution in [2.75, 3.05) is 37.6 Å². The number of hydrogen-bond donors (Lipinski definition) is 2.